The molecule has 28 heavy (non-hydrogen) atoms. The van der Waals surface area contributed by atoms with E-state index in [4.69, 9.17) is 9.47 Å². The van der Waals surface area contributed by atoms with Crippen molar-refractivity contribution in [3.8, 4) is 0 Å². The molecule has 1 heterocycles. The van der Waals surface area contributed by atoms with Crippen molar-refractivity contribution in [2.45, 2.75) is 39.0 Å². The zero-order chi connectivity index (χ0) is 20.2. The molecule has 1 unspecified atom stereocenters. The van der Waals surface area contributed by atoms with Crippen molar-refractivity contribution in [2.75, 3.05) is 46.1 Å². The molecule has 7 heteroatoms. The van der Waals surface area contributed by atoms with Crippen LogP contribution < -0.4 is 10.6 Å². The zero-order valence-corrected chi connectivity index (χ0v) is 17.0. The van der Waals surface area contributed by atoms with E-state index >= 15 is 0 Å². The van der Waals surface area contributed by atoms with Crippen molar-refractivity contribution in [1.29, 1.82) is 0 Å². The Morgan fingerprint density at radius 3 is 2.79 bits per heavy atom. The zero-order valence-electron chi connectivity index (χ0n) is 17.0. The largest absolute Gasteiger partial charge is 0.381 e. The normalized spacial score (nSPS) is 16.8. The van der Waals surface area contributed by atoms with Crippen molar-refractivity contribution in [1.82, 2.24) is 10.6 Å². The van der Waals surface area contributed by atoms with Gasteiger partial charge in [0.25, 0.3) is 0 Å². The van der Waals surface area contributed by atoms with Crippen molar-refractivity contribution in [2.24, 2.45) is 10.9 Å². The van der Waals surface area contributed by atoms with Crippen LogP contribution in [0.5, 0.6) is 0 Å². The van der Waals surface area contributed by atoms with E-state index in [9.17, 15) is 8.78 Å². The molecule has 2 rings (SSSR count). The Morgan fingerprint density at radius 1 is 1.29 bits per heavy atom. The van der Waals surface area contributed by atoms with Crippen molar-refractivity contribution in [3.63, 3.8) is 0 Å². The van der Waals surface area contributed by atoms with Crippen molar-refractivity contribution < 1.29 is 18.3 Å². The lowest BCUT2D eigenvalue weighted by Gasteiger charge is -2.21. The fourth-order valence-electron chi connectivity index (χ4n) is 3.11. The monoisotopic (exact) mass is 397 g/mol. The quantitative estimate of drug-likeness (QED) is 0.361. The van der Waals surface area contributed by atoms with E-state index in [1.807, 2.05) is 13.8 Å². The number of rotatable bonds is 10. The summed E-state index contributed by atoms with van der Waals surface area (Å²) in [6.07, 6.45) is 3.06. The summed E-state index contributed by atoms with van der Waals surface area (Å²) >= 11 is 0. The van der Waals surface area contributed by atoms with Crippen LogP contribution in [0.15, 0.2) is 23.2 Å². The Morgan fingerprint density at radius 2 is 2.07 bits per heavy atom. The van der Waals surface area contributed by atoms with Crippen LogP contribution in [0.2, 0.25) is 0 Å². The molecule has 1 aromatic rings. The standard InChI is InChI=1S/C21H33F2N3O2/c1-3-24-21(25-9-4-10-28-15-17-7-11-27-12-8-17)26-14-16(2)19-6-5-18(22)13-20(19)23/h5-6,13,16-17H,3-4,7-12,14-15H2,1-2H3,(H2,24,25,26). The molecule has 1 saturated heterocycles. The van der Waals surface area contributed by atoms with Gasteiger partial charge in [0.2, 0.25) is 0 Å². The highest BCUT2D eigenvalue weighted by Gasteiger charge is 2.14. The summed E-state index contributed by atoms with van der Waals surface area (Å²) in [5, 5.41) is 6.46. The topological polar surface area (TPSA) is 54.9 Å². The average molecular weight is 398 g/mol. The molecule has 1 aliphatic heterocycles. The molecular formula is C21H33F2N3O2. The predicted molar refractivity (Wildman–Crippen MR) is 108 cm³/mol. The predicted octanol–water partition coefficient (Wildman–Crippen LogP) is 3.46. The number of hydrogen-bond acceptors (Lipinski definition) is 3. The summed E-state index contributed by atoms with van der Waals surface area (Å²) in [6.45, 7) is 8.99. The van der Waals surface area contributed by atoms with Gasteiger partial charge in [-0.15, -0.1) is 0 Å². The van der Waals surface area contributed by atoms with Gasteiger partial charge in [-0.05, 0) is 43.7 Å². The number of guanidine groups is 1. The molecule has 1 aliphatic rings. The van der Waals surface area contributed by atoms with E-state index in [0.29, 0.717) is 30.6 Å². The Kier molecular flexibility index (Phi) is 10.2. The smallest absolute Gasteiger partial charge is 0.191 e. The number of hydrogen-bond donors (Lipinski definition) is 2. The molecule has 0 spiro atoms. The summed E-state index contributed by atoms with van der Waals surface area (Å²) in [4.78, 5) is 4.52. The van der Waals surface area contributed by atoms with Crippen LogP contribution in [-0.4, -0.2) is 52.0 Å². The van der Waals surface area contributed by atoms with Crippen LogP contribution >= 0.6 is 0 Å². The average Bonchev–Trinajstić information content (AvgIpc) is 2.69. The fraction of sp³-hybridized carbons (Fsp3) is 0.667. The summed E-state index contributed by atoms with van der Waals surface area (Å²) in [5.41, 5.74) is 0.475. The van der Waals surface area contributed by atoms with Gasteiger partial charge in [0.1, 0.15) is 11.6 Å². The van der Waals surface area contributed by atoms with E-state index < -0.39 is 11.6 Å². The molecule has 5 nitrogen and oxygen atoms in total. The van der Waals surface area contributed by atoms with Crippen molar-refractivity contribution >= 4 is 5.96 Å². The molecule has 0 amide bonds. The SMILES string of the molecule is CCNC(=NCC(C)c1ccc(F)cc1F)NCCCOCC1CCOCC1. The van der Waals surface area contributed by atoms with Gasteiger partial charge in [0.05, 0.1) is 0 Å². The van der Waals surface area contributed by atoms with Crippen LogP contribution in [0.25, 0.3) is 0 Å². The lowest BCUT2D eigenvalue weighted by Crippen LogP contribution is -2.38. The van der Waals surface area contributed by atoms with E-state index in [2.05, 4.69) is 15.6 Å². The molecule has 0 bridgehead atoms. The van der Waals surface area contributed by atoms with Crippen LogP contribution in [0.3, 0.4) is 0 Å². The van der Waals surface area contributed by atoms with Crippen LogP contribution in [0, 0.1) is 17.6 Å². The minimum atomic E-state index is -0.564. The van der Waals surface area contributed by atoms with Gasteiger partial charge in [-0.2, -0.15) is 0 Å². The fourth-order valence-corrected chi connectivity index (χ4v) is 3.11. The maximum absolute atomic E-state index is 13.9. The van der Waals surface area contributed by atoms with E-state index in [1.54, 1.807) is 0 Å². The molecule has 0 saturated carbocycles. The van der Waals surface area contributed by atoms with E-state index in [0.717, 1.165) is 58.2 Å². The third-order valence-electron chi connectivity index (χ3n) is 4.81. The van der Waals surface area contributed by atoms with Crippen LogP contribution in [0.4, 0.5) is 8.78 Å². The summed E-state index contributed by atoms with van der Waals surface area (Å²) < 4.78 is 38.1. The molecular weight excluding hydrogens is 364 g/mol. The first-order valence-electron chi connectivity index (χ1n) is 10.2. The minimum Gasteiger partial charge on any atom is -0.381 e. The number of benzene rings is 1. The Balaban J connectivity index is 1.69. The highest BCUT2D eigenvalue weighted by atomic mass is 19.1. The van der Waals surface area contributed by atoms with Crippen LogP contribution in [0.1, 0.15) is 44.6 Å². The maximum Gasteiger partial charge on any atom is 0.191 e. The van der Waals surface area contributed by atoms with Crippen LogP contribution in [-0.2, 0) is 9.47 Å². The van der Waals surface area contributed by atoms with Gasteiger partial charge in [-0.3, -0.25) is 4.99 Å². The lowest BCUT2D eigenvalue weighted by molar-refractivity contribution is 0.0203. The Bertz CT molecular complexity index is 607. The second kappa shape index (κ2) is 12.7. The van der Waals surface area contributed by atoms with Gasteiger partial charge < -0.3 is 20.1 Å². The summed E-state index contributed by atoms with van der Waals surface area (Å²) in [7, 11) is 0. The molecule has 0 aliphatic carbocycles. The van der Waals surface area contributed by atoms with Gasteiger partial charge in [-0.25, -0.2) is 8.78 Å². The summed E-state index contributed by atoms with van der Waals surface area (Å²) in [5.74, 6) is 0.0856. The molecule has 1 fully saturated rings. The molecule has 1 aromatic carbocycles. The van der Waals surface area contributed by atoms with Gasteiger partial charge in [-0.1, -0.05) is 13.0 Å². The minimum absolute atomic E-state index is 0.140. The number of halogens is 2. The number of nitrogens with one attached hydrogen (secondary N) is 2. The molecule has 158 valence electrons. The lowest BCUT2D eigenvalue weighted by atomic mass is 10.0. The van der Waals surface area contributed by atoms with E-state index in [-0.39, 0.29) is 5.92 Å². The third-order valence-corrected chi connectivity index (χ3v) is 4.81. The Hall–Kier alpha value is -1.73. The number of aliphatic imine (C=N–C) groups is 1. The van der Waals surface area contributed by atoms with Gasteiger partial charge in [0, 0.05) is 58.0 Å². The third kappa shape index (κ3) is 8.10. The first-order valence-corrected chi connectivity index (χ1v) is 10.2. The second-order valence-corrected chi connectivity index (χ2v) is 7.20. The highest BCUT2D eigenvalue weighted by molar-refractivity contribution is 5.79. The molecule has 2 N–H and O–H groups in total. The molecule has 0 radical (unpaired) electrons. The highest BCUT2D eigenvalue weighted by Crippen LogP contribution is 2.20. The Labute approximate surface area is 166 Å². The van der Waals surface area contributed by atoms with E-state index in [1.165, 1.54) is 12.1 Å². The first kappa shape index (κ1) is 22.6. The summed E-state index contributed by atoms with van der Waals surface area (Å²) in [6, 6.07) is 3.68. The molecule has 1 atom stereocenters. The molecule has 0 aromatic heterocycles. The number of nitrogens with zero attached hydrogens (tertiary/aromatic N) is 1. The maximum atomic E-state index is 13.9. The van der Waals surface area contributed by atoms with Gasteiger partial charge >= 0.3 is 0 Å². The van der Waals surface area contributed by atoms with Crippen molar-refractivity contribution in [3.05, 3.63) is 35.4 Å². The number of ether oxygens (including phenoxy) is 2. The van der Waals surface area contributed by atoms with Gasteiger partial charge in [0.15, 0.2) is 5.96 Å². The first-order chi connectivity index (χ1) is 13.6. The second-order valence-electron chi connectivity index (χ2n) is 7.20.